The monoisotopic (exact) mass is 212 g/mol. The van der Waals surface area contributed by atoms with Crippen molar-refractivity contribution in [2.45, 2.75) is 6.42 Å². The van der Waals surface area contributed by atoms with E-state index in [-0.39, 0.29) is 0 Å². The first-order valence-electron chi connectivity index (χ1n) is 4.79. The highest BCUT2D eigenvalue weighted by atomic mass is 35.5. The van der Waals surface area contributed by atoms with Crippen LogP contribution in [0.2, 0.25) is 5.15 Å². The molecule has 0 bridgehead atoms. The van der Waals surface area contributed by atoms with Gasteiger partial charge < -0.3 is 10.1 Å². The van der Waals surface area contributed by atoms with Crippen molar-refractivity contribution in [1.82, 2.24) is 10.3 Å². The lowest BCUT2D eigenvalue weighted by Crippen LogP contribution is -2.15. The Balaban J connectivity index is 1.82. The van der Waals surface area contributed by atoms with Crippen LogP contribution < -0.4 is 10.1 Å². The molecule has 1 aromatic rings. The molecule has 0 aliphatic carbocycles. The Labute approximate surface area is 88.4 Å². The number of ether oxygens (including phenoxy) is 1. The molecule has 1 N–H and O–H groups in total. The molecule has 2 heterocycles. The summed E-state index contributed by atoms with van der Waals surface area (Å²) in [7, 11) is 0. The van der Waals surface area contributed by atoms with Crippen molar-refractivity contribution in [2.75, 3.05) is 19.7 Å². The van der Waals surface area contributed by atoms with E-state index in [2.05, 4.69) is 10.3 Å². The van der Waals surface area contributed by atoms with E-state index in [9.17, 15) is 0 Å². The zero-order valence-electron chi connectivity index (χ0n) is 7.87. The van der Waals surface area contributed by atoms with Crippen molar-refractivity contribution < 1.29 is 4.74 Å². The quantitative estimate of drug-likeness (QED) is 0.775. The SMILES string of the molecule is Clc1ccc(OC[C@H]2CCNC2)cn1. The first-order chi connectivity index (χ1) is 6.84. The van der Waals surface area contributed by atoms with Gasteiger partial charge in [0.2, 0.25) is 0 Å². The van der Waals surface area contributed by atoms with Crippen LogP contribution >= 0.6 is 11.6 Å². The van der Waals surface area contributed by atoms with Crippen LogP contribution in [0.15, 0.2) is 18.3 Å². The molecule has 1 aromatic heterocycles. The summed E-state index contributed by atoms with van der Waals surface area (Å²) < 4.78 is 5.58. The Kier molecular flexibility index (Phi) is 3.22. The van der Waals surface area contributed by atoms with E-state index in [1.165, 1.54) is 6.42 Å². The largest absolute Gasteiger partial charge is 0.492 e. The average Bonchev–Trinajstić information content (AvgIpc) is 2.70. The summed E-state index contributed by atoms with van der Waals surface area (Å²) in [5.74, 6) is 1.42. The fraction of sp³-hybridized carbons (Fsp3) is 0.500. The van der Waals surface area contributed by atoms with E-state index in [1.807, 2.05) is 6.07 Å². The maximum absolute atomic E-state index is 5.66. The third kappa shape index (κ3) is 2.59. The Morgan fingerprint density at radius 2 is 2.50 bits per heavy atom. The van der Waals surface area contributed by atoms with Gasteiger partial charge in [-0.05, 0) is 25.1 Å². The summed E-state index contributed by atoms with van der Waals surface area (Å²) in [6.45, 7) is 2.92. The minimum absolute atomic E-state index is 0.500. The fourth-order valence-corrected chi connectivity index (χ4v) is 1.63. The standard InChI is InChI=1S/C10H13ClN2O/c11-10-2-1-9(6-13-10)14-7-8-3-4-12-5-8/h1-2,6,8,12H,3-5,7H2/t8-/m0/s1. The van der Waals surface area contributed by atoms with E-state index in [1.54, 1.807) is 12.3 Å². The Morgan fingerprint density at radius 1 is 1.57 bits per heavy atom. The van der Waals surface area contributed by atoms with Gasteiger partial charge in [-0.15, -0.1) is 0 Å². The second-order valence-electron chi connectivity index (χ2n) is 3.49. The lowest BCUT2D eigenvalue weighted by Gasteiger charge is -2.10. The molecular formula is C10H13ClN2O. The summed E-state index contributed by atoms with van der Waals surface area (Å²) in [5, 5.41) is 3.80. The molecule has 0 spiro atoms. The second kappa shape index (κ2) is 4.62. The van der Waals surface area contributed by atoms with Gasteiger partial charge in [-0.3, -0.25) is 0 Å². The van der Waals surface area contributed by atoms with E-state index in [0.717, 1.165) is 25.4 Å². The van der Waals surface area contributed by atoms with Crippen LogP contribution in [0.5, 0.6) is 5.75 Å². The number of halogens is 1. The van der Waals surface area contributed by atoms with Gasteiger partial charge in [0.05, 0.1) is 12.8 Å². The second-order valence-corrected chi connectivity index (χ2v) is 3.87. The normalized spacial score (nSPS) is 21.1. The molecule has 1 aliphatic rings. The predicted octanol–water partition coefficient (Wildman–Crippen LogP) is 1.72. The lowest BCUT2D eigenvalue weighted by molar-refractivity contribution is 0.259. The number of aromatic nitrogens is 1. The van der Waals surface area contributed by atoms with Gasteiger partial charge >= 0.3 is 0 Å². The highest BCUT2D eigenvalue weighted by Gasteiger charge is 2.14. The van der Waals surface area contributed by atoms with Crippen molar-refractivity contribution in [3.05, 3.63) is 23.5 Å². The van der Waals surface area contributed by atoms with E-state index in [0.29, 0.717) is 11.1 Å². The number of hydrogen-bond acceptors (Lipinski definition) is 3. The molecule has 1 aliphatic heterocycles. The molecule has 14 heavy (non-hydrogen) atoms. The van der Waals surface area contributed by atoms with Crippen LogP contribution in [-0.4, -0.2) is 24.7 Å². The van der Waals surface area contributed by atoms with Crippen molar-refractivity contribution in [2.24, 2.45) is 5.92 Å². The van der Waals surface area contributed by atoms with Crippen LogP contribution in [0.25, 0.3) is 0 Å². The van der Waals surface area contributed by atoms with E-state index in [4.69, 9.17) is 16.3 Å². The summed E-state index contributed by atoms with van der Waals surface area (Å²) in [4.78, 5) is 3.95. The maximum Gasteiger partial charge on any atom is 0.137 e. The van der Waals surface area contributed by atoms with Gasteiger partial charge in [0.15, 0.2) is 0 Å². The molecule has 0 saturated carbocycles. The average molecular weight is 213 g/mol. The van der Waals surface area contributed by atoms with Gasteiger partial charge in [0.1, 0.15) is 10.9 Å². The van der Waals surface area contributed by atoms with Crippen molar-refractivity contribution in [3.63, 3.8) is 0 Å². The molecule has 0 aromatic carbocycles. The highest BCUT2D eigenvalue weighted by Crippen LogP contribution is 2.14. The van der Waals surface area contributed by atoms with Gasteiger partial charge in [-0.1, -0.05) is 11.6 Å². The number of nitrogens with zero attached hydrogens (tertiary/aromatic N) is 1. The third-order valence-electron chi connectivity index (χ3n) is 2.35. The zero-order valence-corrected chi connectivity index (χ0v) is 8.63. The molecule has 0 unspecified atom stereocenters. The zero-order chi connectivity index (χ0) is 9.80. The summed E-state index contributed by atoms with van der Waals surface area (Å²) >= 11 is 5.66. The Morgan fingerprint density at radius 3 is 3.14 bits per heavy atom. The van der Waals surface area contributed by atoms with Crippen molar-refractivity contribution in [3.8, 4) is 5.75 Å². The first kappa shape index (κ1) is 9.74. The molecular weight excluding hydrogens is 200 g/mol. The number of pyridine rings is 1. The molecule has 2 rings (SSSR count). The van der Waals surface area contributed by atoms with Crippen molar-refractivity contribution in [1.29, 1.82) is 0 Å². The van der Waals surface area contributed by atoms with E-state index < -0.39 is 0 Å². The molecule has 0 amide bonds. The highest BCUT2D eigenvalue weighted by molar-refractivity contribution is 6.29. The lowest BCUT2D eigenvalue weighted by atomic mass is 10.1. The number of nitrogens with one attached hydrogen (secondary N) is 1. The smallest absolute Gasteiger partial charge is 0.137 e. The number of hydrogen-bond donors (Lipinski definition) is 1. The van der Waals surface area contributed by atoms with Gasteiger partial charge in [-0.25, -0.2) is 4.98 Å². The minimum atomic E-state index is 0.500. The maximum atomic E-state index is 5.66. The van der Waals surface area contributed by atoms with Crippen LogP contribution in [0.1, 0.15) is 6.42 Å². The van der Waals surface area contributed by atoms with Gasteiger partial charge in [0, 0.05) is 12.5 Å². The number of rotatable bonds is 3. The molecule has 1 atom stereocenters. The van der Waals surface area contributed by atoms with Crippen LogP contribution in [-0.2, 0) is 0 Å². The molecule has 4 heteroatoms. The van der Waals surface area contributed by atoms with Crippen LogP contribution in [0, 0.1) is 5.92 Å². The predicted molar refractivity (Wildman–Crippen MR) is 55.7 cm³/mol. The molecule has 1 saturated heterocycles. The Bertz CT molecular complexity index is 283. The molecule has 76 valence electrons. The molecule has 0 radical (unpaired) electrons. The van der Waals surface area contributed by atoms with Crippen molar-refractivity contribution >= 4 is 11.6 Å². The first-order valence-corrected chi connectivity index (χ1v) is 5.17. The Hall–Kier alpha value is -0.800. The topological polar surface area (TPSA) is 34.1 Å². The minimum Gasteiger partial charge on any atom is -0.492 e. The van der Waals surface area contributed by atoms with Crippen LogP contribution in [0.3, 0.4) is 0 Å². The van der Waals surface area contributed by atoms with Gasteiger partial charge in [0.25, 0.3) is 0 Å². The fourth-order valence-electron chi connectivity index (χ4n) is 1.52. The molecule has 1 fully saturated rings. The van der Waals surface area contributed by atoms with E-state index >= 15 is 0 Å². The molecule has 3 nitrogen and oxygen atoms in total. The van der Waals surface area contributed by atoms with Crippen LogP contribution in [0.4, 0.5) is 0 Å². The van der Waals surface area contributed by atoms with Gasteiger partial charge in [-0.2, -0.15) is 0 Å². The summed E-state index contributed by atoms with van der Waals surface area (Å²) in [6.07, 6.45) is 2.85. The third-order valence-corrected chi connectivity index (χ3v) is 2.57. The summed E-state index contributed by atoms with van der Waals surface area (Å²) in [5.41, 5.74) is 0. The summed E-state index contributed by atoms with van der Waals surface area (Å²) in [6, 6.07) is 3.58.